The van der Waals surface area contributed by atoms with E-state index in [0.29, 0.717) is 35.8 Å². The molecular formula is C22H19F3N4O3. The molecule has 1 saturated heterocycles. The van der Waals surface area contributed by atoms with E-state index in [0.717, 1.165) is 18.6 Å². The van der Waals surface area contributed by atoms with Crippen LogP contribution in [0.5, 0.6) is 11.6 Å². The van der Waals surface area contributed by atoms with Gasteiger partial charge in [-0.15, -0.1) is 0 Å². The third-order valence-electron chi connectivity index (χ3n) is 5.23. The molecule has 1 aliphatic rings. The van der Waals surface area contributed by atoms with Crippen LogP contribution in [0.25, 0.3) is 10.9 Å². The summed E-state index contributed by atoms with van der Waals surface area (Å²) in [4.78, 5) is 34.6. The van der Waals surface area contributed by atoms with E-state index in [1.165, 1.54) is 11.9 Å². The number of likely N-dealkylation sites (N-methyl/N-ethyl adjacent to an activating group) is 1. The number of aromatic nitrogens is 2. The van der Waals surface area contributed by atoms with Gasteiger partial charge in [-0.3, -0.25) is 9.59 Å². The lowest BCUT2D eigenvalue weighted by Crippen LogP contribution is -2.45. The Morgan fingerprint density at radius 2 is 1.97 bits per heavy atom. The van der Waals surface area contributed by atoms with Gasteiger partial charge in [-0.2, -0.15) is 13.2 Å². The van der Waals surface area contributed by atoms with Crippen LogP contribution in [0.1, 0.15) is 28.9 Å². The maximum atomic E-state index is 12.9. The summed E-state index contributed by atoms with van der Waals surface area (Å²) in [7, 11) is 1.54. The molecular weight excluding hydrogens is 425 g/mol. The van der Waals surface area contributed by atoms with Gasteiger partial charge in [0.2, 0.25) is 11.8 Å². The summed E-state index contributed by atoms with van der Waals surface area (Å²) in [6.07, 6.45) is -2.40. The molecule has 4 rings (SSSR count). The summed E-state index contributed by atoms with van der Waals surface area (Å²) in [5.41, 5.74) is -0.0907. The molecule has 1 aliphatic heterocycles. The monoisotopic (exact) mass is 444 g/mol. The van der Waals surface area contributed by atoms with Gasteiger partial charge in [0, 0.05) is 31.2 Å². The van der Waals surface area contributed by atoms with E-state index in [1.54, 1.807) is 30.3 Å². The van der Waals surface area contributed by atoms with Gasteiger partial charge in [-0.05, 0) is 43.2 Å². The summed E-state index contributed by atoms with van der Waals surface area (Å²) < 4.78 is 43.5. The van der Waals surface area contributed by atoms with Crippen molar-refractivity contribution in [1.82, 2.24) is 20.2 Å². The lowest BCUT2D eigenvalue weighted by atomic mass is 10.1. The first-order valence-corrected chi connectivity index (χ1v) is 9.91. The minimum Gasteiger partial charge on any atom is -0.439 e. The first-order valence-electron chi connectivity index (χ1n) is 9.91. The molecule has 0 saturated carbocycles. The molecule has 3 aromatic rings. The second-order valence-electron chi connectivity index (χ2n) is 7.31. The number of alkyl halides is 3. The molecule has 1 atom stereocenters. The van der Waals surface area contributed by atoms with Gasteiger partial charge in [0.15, 0.2) is 0 Å². The Bertz CT molecular complexity index is 1170. The molecule has 166 valence electrons. The Morgan fingerprint density at radius 3 is 2.66 bits per heavy atom. The fraction of sp³-hybridized carbons (Fsp3) is 0.273. The van der Waals surface area contributed by atoms with Crippen LogP contribution in [-0.2, 0) is 11.0 Å². The molecule has 2 aromatic heterocycles. The lowest BCUT2D eigenvalue weighted by molar-refractivity contribution is -0.137. The summed E-state index contributed by atoms with van der Waals surface area (Å²) in [5, 5.41) is 3.26. The maximum Gasteiger partial charge on any atom is 0.417 e. The quantitative estimate of drug-likeness (QED) is 0.662. The van der Waals surface area contributed by atoms with Crippen LogP contribution in [0.4, 0.5) is 13.2 Å². The summed E-state index contributed by atoms with van der Waals surface area (Å²) >= 11 is 0. The second-order valence-corrected chi connectivity index (χ2v) is 7.31. The summed E-state index contributed by atoms with van der Waals surface area (Å²) in [6, 6.07) is 9.70. The van der Waals surface area contributed by atoms with Crippen LogP contribution in [0.3, 0.4) is 0 Å². The smallest absolute Gasteiger partial charge is 0.417 e. The topological polar surface area (TPSA) is 84.4 Å². The number of ether oxygens (including phenoxy) is 1. The Kier molecular flexibility index (Phi) is 5.68. The Morgan fingerprint density at radius 1 is 1.16 bits per heavy atom. The molecule has 3 heterocycles. The van der Waals surface area contributed by atoms with Crippen LogP contribution in [0, 0.1) is 0 Å². The number of amides is 2. The molecule has 1 fully saturated rings. The van der Waals surface area contributed by atoms with Crippen molar-refractivity contribution in [3.8, 4) is 11.6 Å². The number of benzene rings is 1. The molecule has 7 nitrogen and oxygen atoms in total. The van der Waals surface area contributed by atoms with Crippen molar-refractivity contribution < 1.29 is 27.5 Å². The van der Waals surface area contributed by atoms with E-state index in [2.05, 4.69) is 15.3 Å². The van der Waals surface area contributed by atoms with E-state index in [4.69, 9.17) is 4.74 Å². The van der Waals surface area contributed by atoms with Gasteiger partial charge in [0.25, 0.3) is 5.91 Å². The van der Waals surface area contributed by atoms with Gasteiger partial charge in [-0.1, -0.05) is 6.07 Å². The number of carbonyl (C=O) groups excluding carboxylic acids is 2. The van der Waals surface area contributed by atoms with Crippen LogP contribution in [0.2, 0.25) is 0 Å². The number of halogens is 3. The molecule has 10 heteroatoms. The highest BCUT2D eigenvalue weighted by atomic mass is 19.4. The summed E-state index contributed by atoms with van der Waals surface area (Å²) in [6.45, 7) is 0.490. The van der Waals surface area contributed by atoms with Gasteiger partial charge in [0.05, 0.1) is 11.1 Å². The number of hydrogen-bond donors (Lipinski definition) is 1. The zero-order valence-electron chi connectivity index (χ0n) is 17.0. The standard InChI is InChI=1S/C22H19F3N4O3/c1-26-20(30)18-3-2-10-29(18)21(31)17-7-4-13-11-15(6-8-16(13)28-17)32-19-9-5-14(12-27-19)22(23,24)25/h4-9,11-12,18H,2-3,10H2,1H3,(H,26,30)/t18-/m0/s1. The third-order valence-corrected chi connectivity index (χ3v) is 5.23. The van der Waals surface area contributed by atoms with E-state index in [-0.39, 0.29) is 23.4 Å². The molecule has 0 bridgehead atoms. The Labute approximate surface area is 181 Å². The van der Waals surface area contributed by atoms with Crippen molar-refractivity contribution in [2.45, 2.75) is 25.1 Å². The van der Waals surface area contributed by atoms with Crippen molar-refractivity contribution >= 4 is 22.7 Å². The minimum absolute atomic E-state index is 0.0198. The highest BCUT2D eigenvalue weighted by Gasteiger charge is 2.34. The van der Waals surface area contributed by atoms with Crippen molar-refractivity contribution in [1.29, 1.82) is 0 Å². The maximum absolute atomic E-state index is 12.9. The number of nitrogens with zero attached hydrogens (tertiary/aromatic N) is 3. The average Bonchev–Trinajstić information content (AvgIpc) is 3.27. The van der Waals surface area contributed by atoms with E-state index >= 15 is 0 Å². The number of hydrogen-bond acceptors (Lipinski definition) is 5. The predicted octanol–water partition coefficient (Wildman–Crippen LogP) is 3.79. The molecule has 32 heavy (non-hydrogen) atoms. The minimum atomic E-state index is -4.47. The fourth-order valence-electron chi connectivity index (χ4n) is 3.61. The van der Waals surface area contributed by atoms with Crippen molar-refractivity contribution in [3.63, 3.8) is 0 Å². The summed E-state index contributed by atoms with van der Waals surface area (Å²) in [5.74, 6) is -0.126. The number of fused-ring (bicyclic) bond motifs is 1. The number of pyridine rings is 2. The van der Waals surface area contributed by atoms with E-state index < -0.39 is 17.8 Å². The molecule has 0 spiro atoms. The van der Waals surface area contributed by atoms with Gasteiger partial charge >= 0.3 is 6.18 Å². The molecule has 1 aromatic carbocycles. The molecule has 2 amide bonds. The third kappa shape index (κ3) is 4.34. The van der Waals surface area contributed by atoms with Crippen LogP contribution in [0.15, 0.2) is 48.7 Å². The van der Waals surface area contributed by atoms with Crippen LogP contribution >= 0.6 is 0 Å². The van der Waals surface area contributed by atoms with Crippen molar-refractivity contribution in [2.24, 2.45) is 0 Å². The molecule has 0 unspecified atom stereocenters. The number of likely N-dealkylation sites (tertiary alicyclic amines) is 1. The average molecular weight is 444 g/mol. The number of nitrogens with one attached hydrogen (secondary N) is 1. The fourth-order valence-corrected chi connectivity index (χ4v) is 3.61. The normalized spacial score (nSPS) is 16.2. The Hall–Kier alpha value is -3.69. The Balaban J connectivity index is 1.52. The van der Waals surface area contributed by atoms with E-state index in [9.17, 15) is 22.8 Å². The molecule has 0 aliphatic carbocycles. The van der Waals surface area contributed by atoms with Gasteiger partial charge < -0.3 is 15.0 Å². The van der Waals surface area contributed by atoms with Gasteiger partial charge in [0.1, 0.15) is 17.5 Å². The zero-order chi connectivity index (χ0) is 22.9. The predicted molar refractivity (Wildman–Crippen MR) is 109 cm³/mol. The van der Waals surface area contributed by atoms with Crippen LogP contribution < -0.4 is 10.1 Å². The number of carbonyl (C=O) groups is 2. The highest BCUT2D eigenvalue weighted by molar-refractivity contribution is 5.98. The van der Waals surface area contributed by atoms with E-state index in [1.807, 2.05) is 0 Å². The second kappa shape index (κ2) is 8.45. The van der Waals surface area contributed by atoms with Crippen LogP contribution in [-0.4, -0.2) is 46.3 Å². The largest absolute Gasteiger partial charge is 0.439 e. The molecule has 1 N–H and O–H groups in total. The first-order chi connectivity index (χ1) is 15.3. The SMILES string of the molecule is CNC(=O)[C@@H]1CCCN1C(=O)c1ccc2cc(Oc3ccc(C(F)(F)F)cn3)ccc2n1. The van der Waals surface area contributed by atoms with Crippen molar-refractivity contribution in [3.05, 3.63) is 59.9 Å². The zero-order valence-corrected chi connectivity index (χ0v) is 17.0. The molecule has 0 radical (unpaired) electrons. The van der Waals surface area contributed by atoms with Gasteiger partial charge in [-0.25, -0.2) is 9.97 Å². The lowest BCUT2D eigenvalue weighted by Gasteiger charge is -2.23. The highest BCUT2D eigenvalue weighted by Crippen LogP contribution is 2.30. The first kappa shape index (κ1) is 21.5. The number of rotatable bonds is 4. The van der Waals surface area contributed by atoms with Crippen molar-refractivity contribution in [2.75, 3.05) is 13.6 Å².